The summed E-state index contributed by atoms with van der Waals surface area (Å²) < 4.78 is 39.6. The first-order valence-corrected chi connectivity index (χ1v) is 9.70. The molecule has 142 valence electrons. The maximum atomic E-state index is 13.2. The SMILES string of the molecule is CSCCC(NC(=O)c1ccccc1C(F)(F)F)c1nc2ccccc2[nH]1. The third-order valence-electron chi connectivity index (χ3n) is 4.13. The van der Waals surface area contributed by atoms with E-state index in [9.17, 15) is 18.0 Å². The molecule has 0 fully saturated rings. The summed E-state index contributed by atoms with van der Waals surface area (Å²) in [5, 5.41) is 2.71. The van der Waals surface area contributed by atoms with E-state index < -0.39 is 29.3 Å². The lowest BCUT2D eigenvalue weighted by Crippen LogP contribution is -2.31. The van der Waals surface area contributed by atoms with Crippen molar-refractivity contribution >= 4 is 28.7 Å². The van der Waals surface area contributed by atoms with Crippen molar-refractivity contribution in [2.75, 3.05) is 12.0 Å². The smallest absolute Gasteiger partial charge is 0.342 e. The van der Waals surface area contributed by atoms with Crippen molar-refractivity contribution in [3.63, 3.8) is 0 Å². The molecular weight excluding hydrogens is 375 g/mol. The summed E-state index contributed by atoms with van der Waals surface area (Å²) in [7, 11) is 0. The summed E-state index contributed by atoms with van der Waals surface area (Å²) in [6.45, 7) is 0. The van der Waals surface area contributed by atoms with Gasteiger partial charge in [0.05, 0.1) is 28.2 Å². The van der Waals surface area contributed by atoms with Crippen molar-refractivity contribution in [3.8, 4) is 0 Å². The molecule has 3 aromatic rings. The zero-order valence-corrected chi connectivity index (χ0v) is 15.3. The number of nitrogens with one attached hydrogen (secondary N) is 2. The number of para-hydroxylation sites is 2. The molecule has 0 saturated carbocycles. The first kappa shape index (κ1) is 19.3. The zero-order valence-electron chi connectivity index (χ0n) is 14.5. The number of aromatic amines is 1. The van der Waals surface area contributed by atoms with Crippen molar-refractivity contribution < 1.29 is 18.0 Å². The lowest BCUT2D eigenvalue weighted by atomic mass is 10.1. The third-order valence-corrected chi connectivity index (χ3v) is 4.77. The molecule has 0 saturated heterocycles. The number of halogens is 3. The van der Waals surface area contributed by atoms with Gasteiger partial charge in [0.25, 0.3) is 5.91 Å². The summed E-state index contributed by atoms with van der Waals surface area (Å²) >= 11 is 1.59. The fraction of sp³-hybridized carbons (Fsp3) is 0.263. The molecule has 2 N–H and O–H groups in total. The van der Waals surface area contributed by atoms with Crippen molar-refractivity contribution in [1.82, 2.24) is 15.3 Å². The Balaban J connectivity index is 1.90. The van der Waals surface area contributed by atoms with E-state index in [0.717, 1.165) is 22.9 Å². The van der Waals surface area contributed by atoms with Crippen molar-refractivity contribution in [1.29, 1.82) is 0 Å². The molecule has 0 spiro atoms. The van der Waals surface area contributed by atoms with E-state index in [2.05, 4.69) is 15.3 Å². The van der Waals surface area contributed by atoms with Crippen LogP contribution in [0.25, 0.3) is 11.0 Å². The molecule has 4 nitrogen and oxygen atoms in total. The monoisotopic (exact) mass is 393 g/mol. The largest absolute Gasteiger partial charge is 0.417 e. The Kier molecular flexibility index (Phi) is 5.74. The van der Waals surface area contributed by atoms with E-state index in [1.807, 2.05) is 30.5 Å². The van der Waals surface area contributed by atoms with Crippen molar-refractivity contribution in [3.05, 3.63) is 65.5 Å². The standard InChI is InChI=1S/C19H18F3N3OS/c1-27-11-10-16(17-23-14-8-4-5-9-15(14)24-17)25-18(26)12-6-2-3-7-13(12)19(20,21)22/h2-9,16H,10-11H2,1H3,(H,23,24)(H,25,26). The van der Waals surface area contributed by atoms with Gasteiger partial charge in [-0.2, -0.15) is 24.9 Å². The Bertz CT molecular complexity index is 906. The van der Waals surface area contributed by atoms with Crippen LogP contribution < -0.4 is 5.32 Å². The fourth-order valence-corrected chi connectivity index (χ4v) is 3.29. The van der Waals surface area contributed by atoms with Crippen LogP contribution in [0, 0.1) is 0 Å². The van der Waals surface area contributed by atoms with E-state index in [4.69, 9.17) is 0 Å². The number of thioether (sulfide) groups is 1. The Labute approximate surface area is 158 Å². The lowest BCUT2D eigenvalue weighted by Gasteiger charge is -2.18. The number of alkyl halides is 3. The number of carbonyl (C=O) groups excluding carboxylic acids is 1. The molecule has 1 heterocycles. The van der Waals surface area contributed by atoms with Crippen LogP contribution in [0.5, 0.6) is 0 Å². The van der Waals surface area contributed by atoms with Gasteiger partial charge in [-0.25, -0.2) is 4.98 Å². The van der Waals surface area contributed by atoms with Crippen LogP contribution in [0.1, 0.15) is 34.2 Å². The Hall–Kier alpha value is -2.48. The molecule has 1 atom stereocenters. The van der Waals surface area contributed by atoms with Gasteiger partial charge in [0.1, 0.15) is 5.82 Å². The Morgan fingerprint density at radius 3 is 2.59 bits per heavy atom. The highest BCUT2D eigenvalue weighted by Gasteiger charge is 2.35. The molecule has 0 aliphatic rings. The Morgan fingerprint density at radius 1 is 1.19 bits per heavy atom. The van der Waals surface area contributed by atoms with E-state index >= 15 is 0 Å². The van der Waals surface area contributed by atoms with Gasteiger partial charge in [-0.3, -0.25) is 4.79 Å². The predicted octanol–water partition coefficient (Wildman–Crippen LogP) is 4.81. The molecule has 0 aliphatic carbocycles. The molecule has 3 rings (SSSR count). The number of hydrogen-bond donors (Lipinski definition) is 2. The first-order chi connectivity index (χ1) is 12.9. The van der Waals surface area contributed by atoms with Gasteiger partial charge in [0.2, 0.25) is 0 Å². The summed E-state index contributed by atoms with van der Waals surface area (Å²) in [6.07, 6.45) is -2.13. The number of rotatable bonds is 6. The van der Waals surface area contributed by atoms with Gasteiger partial charge in [0, 0.05) is 0 Å². The minimum atomic E-state index is -4.60. The highest BCUT2D eigenvalue weighted by atomic mass is 32.2. The molecule has 8 heteroatoms. The molecule has 1 amide bonds. The van der Waals surface area contributed by atoms with Crippen molar-refractivity contribution in [2.24, 2.45) is 0 Å². The van der Waals surface area contributed by atoms with Crippen molar-refractivity contribution in [2.45, 2.75) is 18.6 Å². The quantitative estimate of drug-likeness (QED) is 0.632. The second-order valence-electron chi connectivity index (χ2n) is 5.99. The number of benzene rings is 2. The summed E-state index contributed by atoms with van der Waals surface area (Å²) in [6, 6.07) is 11.7. The summed E-state index contributed by atoms with van der Waals surface area (Å²) in [5.41, 5.74) is 0.212. The number of H-pyrrole nitrogens is 1. The Morgan fingerprint density at radius 2 is 1.89 bits per heavy atom. The average molecular weight is 393 g/mol. The minimum Gasteiger partial charge on any atom is -0.342 e. The molecule has 0 bridgehead atoms. The predicted molar refractivity (Wildman–Crippen MR) is 101 cm³/mol. The maximum Gasteiger partial charge on any atom is 0.417 e. The molecule has 0 radical (unpaired) electrons. The second-order valence-corrected chi connectivity index (χ2v) is 6.98. The highest BCUT2D eigenvalue weighted by molar-refractivity contribution is 7.98. The first-order valence-electron chi connectivity index (χ1n) is 8.31. The molecule has 2 aromatic carbocycles. The molecule has 27 heavy (non-hydrogen) atoms. The second kappa shape index (κ2) is 8.04. The number of amides is 1. The van der Waals surface area contributed by atoms with Crippen LogP contribution in [0.3, 0.4) is 0 Å². The topological polar surface area (TPSA) is 57.8 Å². The zero-order chi connectivity index (χ0) is 19.4. The van der Waals surface area contributed by atoms with Crippen LogP contribution >= 0.6 is 11.8 Å². The van der Waals surface area contributed by atoms with Crippen LogP contribution in [0.15, 0.2) is 48.5 Å². The average Bonchev–Trinajstić information content (AvgIpc) is 3.08. The molecule has 0 aliphatic heterocycles. The van der Waals surface area contributed by atoms with E-state index in [1.165, 1.54) is 18.2 Å². The van der Waals surface area contributed by atoms with Gasteiger partial charge < -0.3 is 10.3 Å². The van der Waals surface area contributed by atoms with Gasteiger partial charge in [0.15, 0.2) is 0 Å². The van der Waals surface area contributed by atoms with Crippen LogP contribution in [0.4, 0.5) is 13.2 Å². The van der Waals surface area contributed by atoms with E-state index in [0.29, 0.717) is 12.2 Å². The number of imidazole rings is 1. The van der Waals surface area contributed by atoms with Crippen LogP contribution in [0.2, 0.25) is 0 Å². The number of aromatic nitrogens is 2. The van der Waals surface area contributed by atoms with Gasteiger partial charge in [-0.1, -0.05) is 24.3 Å². The highest BCUT2D eigenvalue weighted by Crippen LogP contribution is 2.32. The van der Waals surface area contributed by atoms with Gasteiger partial charge in [-0.05, 0) is 42.7 Å². The lowest BCUT2D eigenvalue weighted by molar-refractivity contribution is -0.137. The van der Waals surface area contributed by atoms with Crippen LogP contribution in [-0.4, -0.2) is 27.9 Å². The number of carbonyl (C=O) groups is 1. The fourth-order valence-electron chi connectivity index (χ4n) is 2.81. The van der Waals surface area contributed by atoms with Gasteiger partial charge in [-0.15, -0.1) is 0 Å². The maximum absolute atomic E-state index is 13.2. The summed E-state index contributed by atoms with van der Waals surface area (Å²) in [4.78, 5) is 20.2. The molecule has 1 unspecified atom stereocenters. The van der Waals surface area contributed by atoms with E-state index in [-0.39, 0.29) is 0 Å². The third kappa shape index (κ3) is 4.44. The number of hydrogen-bond acceptors (Lipinski definition) is 3. The normalized spacial score (nSPS) is 12.9. The summed E-state index contributed by atoms with van der Waals surface area (Å²) in [5.74, 6) is 0.487. The number of nitrogens with zero attached hydrogens (tertiary/aromatic N) is 1. The minimum absolute atomic E-state index is 0.393. The molecule has 1 aromatic heterocycles. The number of fused-ring (bicyclic) bond motifs is 1. The van der Waals surface area contributed by atoms with Gasteiger partial charge >= 0.3 is 6.18 Å². The molecular formula is C19H18F3N3OS. The van der Waals surface area contributed by atoms with E-state index in [1.54, 1.807) is 11.8 Å². The van der Waals surface area contributed by atoms with Crippen LogP contribution in [-0.2, 0) is 6.18 Å².